The lowest BCUT2D eigenvalue weighted by Crippen LogP contribution is -2.01. The molecule has 2 aromatic rings. The van der Waals surface area contributed by atoms with Crippen molar-refractivity contribution in [1.82, 2.24) is 0 Å². The third kappa shape index (κ3) is 2.61. The molecule has 1 aromatic heterocycles. The van der Waals surface area contributed by atoms with Gasteiger partial charge in [-0.3, -0.25) is 0 Å². The van der Waals surface area contributed by atoms with E-state index in [1.807, 2.05) is 38.1 Å². The highest BCUT2D eigenvalue weighted by molar-refractivity contribution is 9.10. The van der Waals surface area contributed by atoms with Crippen molar-refractivity contribution in [3.8, 4) is 0 Å². The molecule has 0 aliphatic rings. The van der Waals surface area contributed by atoms with Gasteiger partial charge in [0.1, 0.15) is 18.0 Å². The number of rotatable bonds is 3. The molecule has 3 heteroatoms. The Labute approximate surface area is 97.3 Å². The van der Waals surface area contributed by atoms with Gasteiger partial charge in [-0.05, 0) is 38.1 Å². The first-order valence-electron chi connectivity index (χ1n) is 4.95. The molecular weight excluding hydrogens is 256 g/mol. The molecule has 2 rings (SSSR count). The van der Waals surface area contributed by atoms with Gasteiger partial charge in [0.2, 0.25) is 0 Å². The summed E-state index contributed by atoms with van der Waals surface area (Å²) >= 11 is 3.43. The van der Waals surface area contributed by atoms with Gasteiger partial charge in [0.15, 0.2) is 0 Å². The third-order valence-corrected chi connectivity index (χ3v) is 2.58. The fourth-order valence-corrected chi connectivity index (χ4v) is 1.77. The number of ether oxygens (including phenoxy) is 1. The molecule has 0 N–H and O–H groups in total. The zero-order valence-electron chi connectivity index (χ0n) is 8.79. The Bertz CT molecular complexity index is 460. The molecule has 0 atom stereocenters. The van der Waals surface area contributed by atoms with Crippen molar-refractivity contribution in [3.63, 3.8) is 0 Å². The SMILES string of the molecule is CC(C)OCc1cc2cc(Br)ccc2o1. The summed E-state index contributed by atoms with van der Waals surface area (Å²) in [5.41, 5.74) is 0.903. The van der Waals surface area contributed by atoms with Gasteiger partial charge in [-0.15, -0.1) is 0 Å². The fraction of sp³-hybridized carbons (Fsp3) is 0.333. The molecule has 0 aliphatic heterocycles. The van der Waals surface area contributed by atoms with Crippen molar-refractivity contribution in [2.24, 2.45) is 0 Å². The molecule has 0 radical (unpaired) electrons. The summed E-state index contributed by atoms with van der Waals surface area (Å²) < 4.78 is 12.2. The van der Waals surface area contributed by atoms with E-state index in [1.54, 1.807) is 0 Å². The van der Waals surface area contributed by atoms with Gasteiger partial charge >= 0.3 is 0 Å². The van der Waals surface area contributed by atoms with E-state index >= 15 is 0 Å². The Kier molecular flexibility index (Phi) is 3.12. The Hall–Kier alpha value is -0.800. The van der Waals surface area contributed by atoms with Gasteiger partial charge in [0.25, 0.3) is 0 Å². The molecule has 0 fully saturated rings. The molecule has 0 saturated heterocycles. The number of hydrogen-bond donors (Lipinski definition) is 0. The maximum absolute atomic E-state index is 5.63. The van der Waals surface area contributed by atoms with Crippen LogP contribution in [-0.2, 0) is 11.3 Å². The average molecular weight is 269 g/mol. The maximum Gasteiger partial charge on any atom is 0.134 e. The molecule has 0 saturated carbocycles. The van der Waals surface area contributed by atoms with Gasteiger partial charge < -0.3 is 9.15 Å². The first-order valence-corrected chi connectivity index (χ1v) is 5.74. The van der Waals surface area contributed by atoms with Crippen molar-refractivity contribution in [2.75, 3.05) is 0 Å². The minimum absolute atomic E-state index is 0.227. The van der Waals surface area contributed by atoms with Gasteiger partial charge in [0.05, 0.1) is 6.10 Å². The predicted molar refractivity (Wildman–Crippen MR) is 63.8 cm³/mol. The molecule has 2 nitrogen and oxygen atoms in total. The smallest absolute Gasteiger partial charge is 0.134 e. The Morgan fingerprint density at radius 2 is 2.13 bits per heavy atom. The normalized spacial score (nSPS) is 11.5. The summed E-state index contributed by atoms with van der Waals surface area (Å²) in [6, 6.07) is 7.98. The minimum Gasteiger partial charge on any atom is -0.459 e. The zero-order valence-corrected chi connectivity index (χ0v) is 10.4. The third-order valence-electron chi connectivity index (χ3n) is 2.09. The van der Waals surface area contributed by atoms with Crippen LogP contribution in [0.5, 0.6) is 0 Å². The quantitative estimate of drug-likeness (QED) is 0.836. The van der Waals surface area contributed by atoms with Crippen LogP contribution in [0.1, 0.15) is 19.6 Å². The van der Waals surface area contributed by atoms with E-state index in [1.165, 1.54) is 0 Å². The van der Waals surface area contributed by atoms with Gasteiger partial charge in [-0.25, -0.2) is 0 Å². The standard InChI is InChI=1S/C12H13BrO2/c1-8(2)14-7-11-6-9-5-10(13)3-4-12(9)15-11/h3-6,8H,7H2,1-2H3. The first-order chi connectivity index (χ1) is 7.15. The van der Waals surface area contributed by atoms with Crippen molar-refractivity contribution in [1.29, 1.82) is 0 Å². The fourth-order valence-electron chi connectivity index (χ4n) is 1.39. The average Bonchev–Trinajstić information content (AvgIpc) is 2.56. The summed E-state index contributed by atoms with van der Waals surface area (Å²) in [4.78, 5) is 0. The van der Waals surface area contributed by atoms with E-state index in [9.17, 15) is 0 Å². The largest absolute Gasteiger partial charge is 0.459 e. The molecule has 1 aromatic carbocycles. The predicted octanol–water partition coefficient (Wildman–Crippen LogP) is 4.12. The summed E-state index contributed by atoms with van der Waals surface area (Å²) in [6.45, 7) is 4.56. The van der Waals surface area contributed by atoms with Crippen LogP contribution in [0.4, 0.5) is 0 Å². The van der Waals surface area contributed by atoms with Crippen LogP contribution in [0, 0.1) is 0 Å². The molecule has 0 bridgehead atoms. The lowest BCUT2D eigenvalue weighted by atomic mass is 10.2. The Balaban J connectivity index is 2.23. The number of fused-ring (bicyclic) bond motifs is 1. The van der Waals surface area contributed by atoms with Gasteiger partial charge in [-0.2, -0.15) is 0 Å². The zero-order chi connectivity index (χ0) is 10.8. The van der Waals surface area contributed by atoms with Crippen LogP contribution in [0.2, 0.25) is 0 Å². The maximum atomic E-state index is 5.63. The van der Waals surface area contributed by atoms with Crippen LogP contribution < -0.4 is 0 Å². The highest BCUT2D eigenvalue weighted by Crippen LogP contribution is 2.23. The molecule has 1 heterocycles. The van der Waals surface area contributed by atoms with Gasteiger partial charge in [-0.1, -0.05) is 15.9 Å². The second-order valence-electron chi connectivity index (χ2n) is 3.75. The van der Waals surface area contributed by atoms with Crippen LogP contribution in [-0.4, -0.2) is 6.10 Å². The molecule has 0 amide bonds. The molecular formula is C12H13BrO2. The Morgan fingerprint density at radius 3 is 2.87 bits per heavy atom. The Morgan fingerprint density at radius 1 is 1.33 bits per heavy atom. The summed E-state index contributed by atoms with van der Waals surface area (Å²) in [7, 11) is 0. The number of benzene rings is 1. The van der Waals surface area contributed by atoms with E-state index in [0.717, 1.165) is 21.2 Å². The second kappa shape index (κ2) is 4.37. The van der Waals surface area contributed by atoms with Crippen molar-refractivity contribution in [2.45, 2.75) is 26.6 Å². The van der Waals surface area contributed by atoms with Crippen LogP contribution >= 0.6 is 15.9 Å². The second-order valence-corrected chi connectivity index (χ2v) is 4.67. The van der Waals surface area contributed by atoms with Crippen LogP contribution in [0.15, 0.2) is 33.2 Å². The molecule has 0 unspecified atom stereocenters. The van der Waals surface area contributed by atoms with Crippen LogP contribution in [0.3, 0.4) is 0 Å². The topological polar surface area (TPSA) is 22.4 Å². The minimum atomic E-state index is 0.227. The van der Waals surface area contributed by atoms with Crippen LogP contribution in [0.25, 0.3) is 11.0 Å². The number of halogens is 1. The summed E-state index contributed by atoms with van der Waals surface area (Å²) in [6.07, 6.45) is 0.227. The monoisotopic (exact) mass is 268 g/mol. The number of furan rings is 1. The van der Waals surface area contributed by atoms with Crippen molar-refractivity contribution in [3.05, 3.63) is 34.5 Å². The van der Waals surface area contributed by atoms with E-state index in [0.29, 0.717) is 6.61 Å². The van der Waals surface area contributed by atoms with Gasteiger partial charge in [0, 0.05) is 9.86 Å². The molecule has 0 aliphatic carbocycles. The van der Waals surface area contributed by atoms with Crippen molar-refractivity contribution >= 4 is 26.9 Å². The van der Waals surface area contributed by atoms with Crippen molar-refractivity contribution < 1.29 is 9.15 Å². The highest BCUT2D eigenvalue weighted by atomic mass is 79.9. The lowest BCUT2D eigenvalue weighted by molar-refractivity contribution is 0.0553. The molecule has 80 valence electrons. The summed E-state index contributed by atoms with van der Waals surface area (Å²) in [5.74, 6) is 0.872. The number of hydrogen-bond acceptors (Lipinski definition) is 2. The molecule has 0 spiro atoms. The van der Waals surface area contributed by atoms with E-state index in [-0.39, 0.29) is 6.10 Å². The lowest BCUT2D eigenvalue weighted by Gasteiger charge is -2.03. The first kappa shape index (κ1) is 10.7. The van der Waals surface area contributed by atoms with E-state index < -0.39 is 0 Å². The molecule has 15 heavy (non-hydrogen) atoms. The summed E-state index contributed by atoms with van der Waals surface area (Å²) in [5, 5.41) is 1.10. The highest BCUT2D eigenvalue weighted by Gasteiger charge is 2.04. The van der Waals surface area contributed by atoms with E-state index in [4.69, 9.17) is 9.15 Å². The van der Waals surface area contributed by atoms with E-state index in [2.05, 4.69) is 15.9 Å².